The predicted molar refractivity (Wildman–Crippen MR) is 78.4 cm³/mol. The van der Waals surface area contributed by atoms with Crippen LogP contribution >= 0.6 is 0 Å². The van der Waals surface area contributed by atoms with E-state index in [0.717, 1.165) is 25.9 Å². The Morgan fingerprint density at radius 3 is 2.16 bits per heavy atom. The molecule has 4 heteroatoms. The Balaban J connectivity index is 4.49. The van der Waals surface area contributed by atoms with E-state index in [1.165, 1.54) is 0 Å². The molecule has 0 saturated heterocycles. The predicted octanol–water partition coefficient (Wildman–Crippen LogP) is 3.01. The topological polar surface area (TPSA) is 49.8 Å². The summed E-state index contributed by atoms with van der Waals surface area (Å²) in [6, 6.07) is 0.540. The Hall–Kier alpha value is -0.610. The lowest BCUT2D eigenvalue weighted by Gasteiger charge is -2.32. The maximum absolute atomic E-state index is 11.1. The van der Waals surface area contributed by atoms with Crippen LogP contribution in [0.15, 0.2) is 0 Å². The van der Waals surface area contributed by atoms with E-state index in [9.17, 15) is 4.79 Å². The molecule has 19 heavy (non-hydrogen) atoms. The van der Waals surface area contributed by atoms with Gasteiger partial charge in [-0.25, -0.2) is 4.79 Å². The number of hydrogen-bond acceptors (Lipinski definition) is 3. The zero-order valence-corrected chi connectivity index (χ0v) is 13.2. The van der Waals surface area contributed by atoms with Gasteiger partial charge < -0.3 is 14.7 Å². The Morgan fingerprint density at radius 2 is 1.79 bits per heavy atom. The Labute approximate surface area is 118 Å². The largest absolute Gasteiger partial charge is 0.479 e. The van der Waals surface area contributed by atoms with Crippen molar-refractivity contribution in [2.24, 2.45) is 5.92 Å². The summed E-state index contributed by atoms with van der Waals surface area (Å²) in [5.41, 5.74) is 0. The minimum Gasteiger partial charge on any atom is -0.479 e. The van der Waals surface area contributed by atoms with Gasteiger partial charge in [-0.15, -0.1) is 0 Å². The van der Waals surface area contributed by atoms with E-state index in [4.69, 9.17) is 9.84 Å². The quantitative estimate of drug-likeness (QED) is 0.628. The Kier molecular flexibility index (Phi) is 9.88. The lowest BCUT2D eigenvalue weighted by Crippen LogP contribution is -2.40. The van der Waals surface area contributed by atoms with Gasteiger partial charge in [0, 0.05) is 25.7 Å². The van der Waals surface area contributed by atoms with Crippen LogP contribution in [0.4, 0.5) is 0 Å². The highest BCUT2D eigenvalue weighted by Gasteiger charge is 2.22. The molecule has 114 valence electrons. The number of nitrogens with zero attached hydrogens (tertiary/aromatic N) is 1. The average Bonchev–Trinajstić information content (AvgIpc) is 2.34. The van der Waals surface area contributed by atoms with Crippen LogP contribution in [0, 0.1) is 5.92 Å². The summed E-state index contributed by atoms with van der Waals surface area (Å²) < 4.78 is 5.28. The Morgan fingerprint density at radius 1 is 1.21 bits per heavy atom. The molecular formula is C15H31NO3. The molecule has 1 atom stereocenters. The van der Waals surface area contributed by atoms with Gasteiger partial charge in [0.05, 0.1) is 0 Å². The molecule has 1 N–H and O–H groups in total. The monoisotopic (exact) mass is 273 g/mol. The van der Waals surface area contributed by atoms with Crippen molar-refractivity contribution in [2.75, 3.05) is 19.7 Å². The first-order valence-corrected chi connectivity index (χ1v) is 7.54. The third-order valence-corrected chi connectivity index (χ3v) is 3.38. The van der Waals surface area contributed by atoms with Gasteiger partial charge in [-0.2, -0.15) is 0 Å². The summed E-state index contributed by atoms with van der Waals surface area (Å²) in [6.07, 6.45) is 2.10. The summed E-state index contributed by atoms with van der Waals surface area (Å²) in [5, 5.41) is 9.11. The number of ether oxygens (including phenoxy) is 1. The normalized spacial score (nSPS) is 13.5. The van der Waals surface area contributed by atoms with E-state index in [1.807, 2.05) is 6.92 Å². The van der Waals surface area contributed by atoms with Crippen molar-refractivity contribution in [3.05, 3.63) is 0 Å². The molecule has 0 aromatic rings. The van der Waals surface area contributed by atoms with Crippen molar-refractivity contribution in [3.8, 4) is 0 Å². The molecular weight excluding hydrogens is 242 g/mol. The van der Waals surface area contributed by atoms with Gasteiger partial charge in [-0.1, -0.05) is 27.7 Å². The summed E-state index contributed by atoms with van der Waals surface area (Å²) in [6.45, 7) is 12.9. The zero-order chi connectivity index (χ0) is 14.8. The number of hydrogen-bond donors (Lipinski definition) is 1. The molecule has 4 nitrogen and oxygen atoms in total. The van der Waals surface area contributed by atoms with Crippen LogP contribution in [0.3, 0.4) is 0 Å². The molecule has 0 heterocycles. The molecule has 0 rings (SSSR count). The maximum atomic E-state index is 11.1. The van der Waals surface area contributed by atoms with Gasteiger partial charge in [0.2, 0.25) is 0 Å². The van der Waals surface area contributed by atoms with Crippen LogP contribution in [0.2, 0.25) is 0 Å². The van der Waals surface area contributed by atoms with Crippen LogP contribution in [-0.4, -0.2) is 47.8 Å². The van der Waals surface area contributed by atoms with E-state index in [0.29, 0.717) is 25.0 Å². The minimum absolute atomic E-state index is 0.451. The van der Waals surface area contributed by atoms with E-state index >= 15 is 0 Å². The van der Waals surface area contributed by atoms with Gasteiger partial charge in [0.15, 0.2) is 6.10 Å². The summed E-state index contributed by atoms with van der Waals surface area (Å²) in [4.78, 5) is 13.5. The maximum Gasteiger partial charge on any atom is 0.332 e. The third kappa shape index (κ3) is 7.53. The van der Waals surface area contributed by atoms with E-state index in [-0.39, 0.29) is 0 Å². The van der Waals surface area contributed by atoms with Crippen molar-refractivity contribution in [3.63, 3.8) is 0 Å². The molecule has 0 aliphatic carbocycles. The van der Waals surface area contributed by atoms with Gasteiger partial charge in [0.25, 0.3) is 0 Å². The van der Waals surface area contributed by atoms with Gasteiger partial charge >= 0.3 is 5.97 Å². The van der Waals surface area contributed by atoms with Crippen molar-refractivity contribution in [1.29, 1.82) is 0 Å². The highest BCUT2D eigenvalue weighted by Crippen LogP contribution is 2.13. The number of carboxylic acids is 1. The standard InChI is InChI=1S/C15H31NO3/c1-6-13(7-2)16(11-12(4)5)10-9-14(15(17)18)19-8-3/h12-14H,6-11H2,1-5H3,(H,17,18). The smallest absolute Gasteiger partial charge is 0.332 e. The molecule has 0 amide bonds. The first-order chi connectivity index (χ1) is 8.96. The number of rotatable bonds is 11. The summed E-state index contributed by atoms with van der Waals surface area (Å²) in [7, 11) is 0. The lowest BCUT2D eigenvalue weighted by atomic mass is 10.1. The number of aliphatic carboxylic acids is 1. The molecule has 0 bridgehead atoms. The fourth-order valence-corrected chi connectivity index (χ4v) is 2.46. The van der Waals surface area contributed by atoms with Crippen molar-refractivity contribution in [2.45, 2.75) is 66.0 Å². The van der Waals surface area contributed by atoms with Crippen LogP contribution in [0.5, 0.6) is 0 Å². The fourth-order valence-electron chi connectivity index (χ4n) is 2.46. The van der Waals surface area contributed by atoms with Crippen molar-refractivity contribution >= 4 is 5.97 Å². The molecule has 0 aliphatic rings. The van der Waals surface area contributed by atoms with Crippen molar-refractivity contribution < 1.29 is 14.6 Å². The zero-order valence-electron chi connectivity index (χ0n) is 13.2. The first-order valence-electron chi connectivity index (χ1n) is 7.54. The van der Waals surface area contributed by atoms with E-state index < -0.39 is 12.1 Å². The average molecular weight is 273 g/mol. The molecule has 0 radical (unpaired) electrons. The highest BCUT2D eigenvalue weighted by atomic mass is 16.5. The van der Waals surface area contributed by atoms with Crippen LogP contribution in [-0.2, 0) is 9.53 Å². The first kappa shape index (κ1) is 18.4. The van der Waals surface area contributed by atoms with Crippen LogP contribution in [0.1, 0.15) is 53.9 Å². The molecule has 0 fully saturated rings. The SMILES string of the molecule is CCOC(CCN(CC(C)C)C(CC)CC)C(=O)O. The molecule has 0 aromatic heterocycles. The van der Waals surface area contributed by atoms with Gasteiger partial charge in [-0.3, -0.25) is 0 Å². The van der Waals surface area contributed by atoms with Crippen molar-refractivity contribution in [1.82, 2.24) is 4.90 Å². The third-order valence-electron chi connectivity index (χ3n) is 3.38. The van der Waals surface area contributed by atoms with Gasteiger partial charge in [-0.05, 0) is 32.1 Å². The fraction of sp³-hybridized carbons (Fsp3) is 0.933. The van der Waals surface area contributed by atoms with Crippen LogP contribution in [0.25, 0.3) is 0 Å². The molecule has 0 aliphatic heterocycles. The lowest BCUT2D eigenvalue weighted by molar-refractivity contribution is -0.150. The second-order valence-electron chi connectivity index (χ2n) is 5.43. The second kappa shape index (κ2) is 10.2. The highest BCUT2D eigenvalue weighted by molar-refractivity contribution is 5.72. The second-order valence-corrected chi connectivity index (χ2v) is 5.43. The molecule has 0 aromatic carbocycles. The molecule has 0 spiro atoms. The summed E-state index contributed by atoms with van der Waals surface area (Å²) >= 11 is 0. The van der Waals surface area contributed by atoms with Crippen LogP contribution < -0.4 is 0 Å². The number of carboxylic acid groups (broad SMARTS) is 1. The number of carbonyl (C=O) groups is 1. The molecule has 0 saturated carbocycles. The summed E-state index contributed by atoms with van der Waals surface area (Å²) in [5.74, 6) is -0.258. The Bertz CT molecular complexity index is 240. The minimum atomic E-state index is -0.851. The van der Waals surface area contributed by atoms with E-state index in [2.05, 4.69) is 32.6 Å². The molecule has 1 unspecified atom stereocenters. The van der Waals surface area contributed by atoms with E-state index in [1.54, 1.807) is 0 Å². The van der Waals surface area contributed by atoms with Gasteiger partial charge in [0.1, 0.15) is 0 Å².